The van der Waals surface area contributed by atoms with Crippen molar-refractivity contribution in [1.29, 1.82) is 0 Å². The second kappa shape index (κ2) is 3.83. The number of hydrogen-bond acceptors (Lipinski definition) is 2. The number of likely N-dealkylation sites (N-methyl/N-ethyl adjacent to an activating group) is 1. The summed E-state index contributed by atoms with van der Waals surface area (Å²) in [5.74, 6) is 0.331. The highest BCUT2D eigenvalue weighted by Gasteiger charge is 2.44. The van der Waals surface area contributed by atoms with Crippen molar-refractivity contribution in [2.24, 2.45) is 5.92 Å². The van der Waals surface area contributed by atoms with Crippen LogP contribution in [0.2, 0.25) is 0 Å². The molecule has 0 aliphatic carbocycles. The Morgan fingerprint density at radius 1 is 1.40 bits per heavy atom. The van der Waals surface area contributed by atoms with Crippen LogP contribution in [0, 0.1) is 5.92 Å². The van der Waals surface area contributed by atoms with Crippen LogP contribution in [0.3, 0.4) is 0 Å². The van der Waals surface area contributed by atoms with Gasteiger partial charge in [0.1, 0.15) is 11.6 Å². The van der Waals surface area contributed by atoms with Crippen molar-refractivity contribution < 1.29 is 9.59 Å². The smallest absolute Gasteiger partial charge is 0.246 e. The molecule has 1 atom stereocenters. The summed E-state index contributed by atoms with van der Waals surface area (Å²) in [5.41, 5.74) is -0.732. The molecule has 1 fully saturated rings. The topological polar surface area (TPSA) is 49.4 Å². The summed E-state index contributed by atoms with van der Waals surface area (Å²) in [6.45, 7) is 7.59. The summed E-state index contributed by atoms with van der Waals surface area (Å²) in [6.07, 6.45) is 0.699. The van der Waals surface area contributed by atoms with E-state index in [4.69, 9.17) is 0 Å². The molecule has 1 aliphatic heterocycles. The number of nitrogens with zero attached hydrogens (tertiary/aromatic N) is 1. The highest BCUT2D eigenvalue weighted by atomic mass is 16.2. The number of carbonyl (C=O) groups is 2. The lowest BCUT2D eigenvalue weighted by Crippen LogP contribution is -2.67. The van der Waals surface area contributed by atoms with Gasteiger partial charge >= 0.3 is 0 Å². The third kappa shape index (κ3) is 2.13. The Morgan fingerprint density at radius 2 is 1.93 bits per heavy atom. The summed E-state index contributed by atoms with van der Waals surface area (Å²) >= 11 is 0. The van der Waals surface area contributed by atoms with E-state index >= 15 is 0 Å². The monoisotopic (exact) mass is 212 g/mol. The average Bonchev–Trinajstić information content (AvgIpc) is 2.11. The lowest BCUT2D eigenvalue weighted by molar-refractivity contribution is -0.153. The maximum Gasteiger partial charge on any atom is 0.246 e. The first kappa shape index (κ1) is 12.0. The van der Waals surface area contributed by atoms with Crippen molar-refractivity contribution in [1.82, 2.24) is 10.2 Å². The van der Waals surface area contributed by atoms with E-state index in [1.54, 1.807) is 25.8 Å². The molecule has 0 bridgehead atoms. The van der Waals surface area contributed by atoms with Gasteiger partial charge in [-0.3, -0.25) is 9.59 Å². The Labute approximate surface area is 91.0 Å². The van der Waals surface area contributed by atoms with Crippen LogP contribution in [-0.2, 0) is 9.59 Å². The van der Waals surface area contributed by atoms with Gasteiger partial charge in [-0.15, -0.1) is 0 Å². The van der Waals surface area contributed by atoms with Crippen molar-refractivity contribution in [3.8, 4) is 0 Å². The molecule has 1 N–H and O–H groups in total. The Kier molecular flexibility index (Phi) is 3.07. The predicted octanol–water partition coefficient (Wildman–Crippen LogP) is 0.768. The molecule has 0 aromatic rings. The van der Waals surface area contributed by atoms with Crippen LogP contribution in [-0.4, -0.2) is 35.3 Å². The van der Waals surface area contributed by atoms with Crippen molar-refractivity contribution >= 4 is 11.8 Å². The number of nitrogens with one attached hydrogen (secondary N) is 1. The number of carbonyl (C=O) groups excluding carboxylic acids is 2. The number of hydrogen-bond donors (Lipinski definition) is 1. The quantitative estimate of drug-likeness (QED) is 0.735. The van der Waals surface area contributed by atoms with E-state index in [9.17, 15) is 9.59 Å². The summed E-state index contributed by atoms with van der Waals surface area (Å²) in [5, 5.41) is 2.79. The van der Waals surface area contributed by atoms with Crippen LogP contribution in [0.15, 0.2) is 0 Å². The third-order valence-corrected chi connectivity index (χ3v) is 3.04. The minimum Gasteiger partial charge on any atom is -0.342 e. The summed E-state index contributed by atoms with van der Waals surface area (Å²) in [4.78, 5) is 25.2. The minimum atomic E-state index is -0.732. The summed E-state index contributed by atoms with van der Waals surface area (Å²) < 4.78 is 0. The molecule has 1 unspecified atom stereocenters. The molecule has 0 aromatic heterocycles. The van der Waals surface area contributed by atoms with Crippen molar-refractivity contribution in [2.75, 3.05) is 7.05 Å². The Bertz CT molecular complexity index is 284. The lowest BCUT2D eigenvalue weighted by atomic mass is 9.93. The van der Waals surface area contributed by atoms with E-state index in [2.05, 4.69) is 5.32 Å². The molecular weight excluding hydrogens is 192 g/mol. The Hall–Kier alpha value is -1.06. The van der Waals surface area contributed by atoms with Gasteiger partial charge in [0.15, 0.2) is 0 Å². The van der Waals surface area contributed by atoms with Crippen LogP contribution in [0.1, 0.15) is 34.1 Å². The van der Waals surface area contributed by atoms with Crippen molar-refractivity contribution in [3.05, 3.63) is 0 Å². The molecule has 0 radical (unpaired) electrons. The second-order valence-electron chi connectivity index (χ2n) is 5.11. The fourth-order valence-electron chi connectivity index (χ4n) is 1.69. The Balaban J connectivity index is 2.83. The van der Waals surface area contributed by atoms with Crippen LogP contribution >= 0.6 is 0 Å². The zero-order chi connectivity index (χ0) is 11.8. The van der Waals surface area contributed by atoms with E-state index in [0.717, 1.165) is 0 Å². The standard InChI is InChI=1S/C11H20N2O2/c1-7(2)6-8-9(14)13(5)11(3,4)10(15)12-8/h7-8H,6H2,1-5H3,(H,12,15). The van der Waals surface area contributed by atoms with Crippen LogP contribution in [0.5, 0.6) is 0 Å². The first-order valence-corrected chi connectivity index (χ1v) is 5.35. The molecule has 1 rings (SSSR count). The van der Waals surface area contributed by atoms with Crippen LogP contribution < -0.4 is 5.32 Å². The SMILES string of the molecule is CC(C)CC1NC(=O)C(C)(C)N(C)C1=O. The first-order chi connectivity index (χ1) is 6.76. The molecule has 0 aromatic carbocycles. The third-order valence-electron chi connectivity index (χ3n) is 3.04. The summed E-state index contributed by atoms with van der Waals surface area (Å²) in [6, 6.07) is -0.351. The highest BCUT2D eigenvalue weighted by Crippen LogP contribution is 2.21. The van der Waals surface area contributed by atoms with E-state index < -0.39 is 5.54 Å². The van der Waals surface area contributed by atoms with Crippen LogP contribution in [0.25, 0.3) is 0 Å². The minimum absolute atomic E-state index is 0.00769. The lowest BCUT2D eigenvalue weighted by Gasteiger charge is -2.42. The zero-order valence-corrected chi connectivity index (χ0v) is 10.1. The molecule has 1 heterocycles. The molecule has 1 saturated heterocycles. The largest absolute Gasteiger partial charge is 0.342 e. The second-order valence-corrected chi connectivity index (χ2v) is 5.11. The van der Waals surface area contributed by atoms with Gasteiger partial charge in [-0.2, -0.15) is 0 Å². The maximum atomic E-state index is 11.9. The molecule has 4 heteroatoms. The number of rotatable bonds is 2. The Morgan fingerprint density at radius 3 is 2.40 bits per heavy atom. The van der Waals surface area contributed by atoms with E-state index in [1.165, 1.54) is 0 Å². The average molecular weight is 212 g/mol. The van der Waals surface area contributed by atoms with Gasteiger partial charge in [-0.05, 0) is 26.2 Å². The van der Waals surface area contributed by atoms with Gasteiger partial charge in [0.25, 0.3) is 0 Å². The van der Waals surface area contributed by atoms with E-state index in [-0.39, 0.29) is 17.9 Å². The molecule has 4 nitrogen and oxygen atoms in total. The molecule has 1 aliphatic rings. The van der Waals surface area contributed by atoms with Gasteiger partial charge in [-0.1, -0.05) is 13.8 Å². The van der Waals surface area contributed by atoms with E-state index in [1.807, 2.05) is 13.8 Å². The fourth-order valence-corrected chi connectivity index (χ4v) is 1.69. The first-order valence-electron chi connectivity index (χ1n) is 5.35. The van der Waals surface area contributed by atoms with Crippen molar-refractivity contribution in [2.45, 2.75) is 45.7 Å². The molecule has 0 saturated carbocycles. The van der Waals surface area contributed by atoms with Gasteiger partial charge in [0.05, 0.1) is 0 Å². The molecular formula is C11H20N2O2. The molecule has 0 spiro atoms. The fraction of sp³-hybridized carbons (Fsp3) is 0.818. The van der Waals surface area contributed by atoms with Crippen molar-refractivity contribution in [3.63, 3.8) is 0 Å². The van der Waals surface area contributed by atoms with Gasteiger partial charge in [0.2, 0.25) is 11.8 Å². The normalized spacial score (nSPS) is 25.7. The molecule has 2 amide bonds. The van der Waals surface area contributed by atoms with Crippen LogP contribution in [0.4, 0.5) is 0 Å². The predicted molar refractivity (Wildman–Crippen MR) is 58.2 cm³/mol. The number of piperazine rings is 1. The van der Waals surface area contributed by atoms with Gasteiger partial charge in [0, 0.05) is 7.05 Å². The van der Waals surface area contributed by atoms with Gasteiger partial charge < -0.3 is 10.2 Å². The highest BCUT2D eigenvalue weighted by molar-refractivity contribution is 5.99. The maximum absolute atomic E-state index is 11.9. The zero-order valence-electron chi connectivity index (χ0n) is 10.1. The van der Waals surface area contributed by atoms with E-state index in [0.29, 0.717) is 12.3 Å². The number of amides is 2. The summed E-state index contributed by atoms with van der Waals surface area (Å²) in [7, 11) is 1.69. The molecule has 86 valence electrons. The van der Waals surface area contributed by atoms with Gasteiger partial charge in [-0.25, -0.2) is 0 Å². The molecule has 15 heavy (non-hydrogen) atoms.